The topological polar surface area (TPSA) is 61.4 Å². The van der Waals surface area contributed by atoms with Gasteiger partial charge in [0.05, 0.1) is 11.3 Å². The van der Waals surface area contributed by atoms with Crippen LogP contribution in [0.1, 0.15) is 43.0 Å². The van der Waals surface area contributed by atoms with E-state index in [1.165, 1.54) is 6.42 Å². The molecular formula is C16H23N3O2. The second-order valence-corrected chi connectivity index (χ2v) is 5.28. The Kier molecular flexibility index (Phi) is 5.60. The average molecular weight is 289 g/mol. The van der Waals surface area contributed by atoms with Crippen molar-refractivity contribution in [3.05, 3.63) is 29.8 Å². The molecule has 1 heterocycles. The number of nitrogens with zero attached hydrogens (tertiary/aromatic N) is 1. The molecule has 0 saturated carbocycles. The molecule has 1 fully saturated rings. The summed E-state index contributed by atoms with van der Waals surface area (Å²) in [5.41, 5.74) is 1.13. The third-order valence-electron chi connectivity index (χ3n) is 3.58. The van der Waals surface area contributed by atoms with Gasteiger partial charge in [0.15, 0.2) is 0 Å². The highest BCUT2D eigenvalue weighted by molar-refractivity contribution is 6.03. The molecule has 2 N–H and O–H groups in total. The van der Waals surface area contributed by atoms with Crippen molar-refractivity contribution in [2.45, 2.75) is 32.6 Å². The summed E-state index contributed by atoms with van der Waals surface area (Å²) in [6.07, 6.45) is 4.17. The number of urea groups is 1. The van der Waals surface area contributed by atoms with E-state index in [1.54, 1.807) is 12.1 Å². The number of carbonyl (C=O) groups excluding carboxylic acids is 2. The van der Waals surface area contributed by atoms with E-state index in [9.17, 15) is 9.59 Å². The lowest BCUT2D eigenvalue weighted by molar-refractivity contribution is 0.0725. The first-order valence-corrected chi connectivity index (χ1v) is 7.65. The van der Waals surface area contributed by atoms with Crippen molar-refractivity contribution in [1.29, 1.82) is 0 Å². The number of anilines is 1. The lowest BCUT2D eigenvalue weighted by Gasteiger charge is -2.27. The Labute approximate surface area is 125 Å². The van der Waals surface area contributed by atoms with Crippen LogP contribution in [-0.4, -0.2) is 36.5 Å². The molecule has 0 unspecified atom stereocenters. The van der Waals surface area contributed by atoms with E-state index in [2.05, 4.69) is 10.6 Å². The minimum Gasteiger partial charge on any atom is -0.339 e. The predicted molar refractivity (Wildman–Crippen MR) is 83.5 cm³/mol. The molecule has 5 heteroatoms. The fourth-order valence-electron chi connectivity index (χ4n) is 2.45. The summed E-state index contributed by atoms with van der Waals surface area (Å²) in [5.74, 6) is 0.00101. The molecule has 0 radical (unpaired) electrons. The van der Waals surface area contributed by atoms with Gasteiger partial charge in [-0.25, -0.2) is 4.79 Å². The summed E-state index contributed by atoms with van der Waals surface area (Å²) in [7, 11) is 0. The molecule has 114 valence electrons. The minimum absolute atomic E-state index is 0.00101. The van der Waals surface area contributed by atoms with E-state index in [1.807, 2.05) is 24.0 Å². The Morgan fingerprint density at radius 1 is 1.14 bits per heavy atom. The van der Waals surface area contributed by atoms with Crippen molar-refractivity contribution in [1.82, 2.24) is 10.2 Å². The number of likely N-dealkylation sites (tertiary alicyclic amines) is 1. The van der Waals surface area contributed by atoms with Gasteiger partial charge in [-0.3, -0.25) is 4.79 Å². The van der Waals surface area contributed by atoms with Gasteiger partial charge in [0.25, 0.3) is 5.91 Å². The van der Waals surface area contributed by atoms with E-state index >= 15 is 0 Å². The van der Waals surface area contributed by atoms with Crippen LogP contribution in [0.25, 0.3) is 0 Å². The van der Waals surface area contributed by atoms with Crippen molar-refractivity contribution in [2.75, 3.05) is 25.0 Å². The molecule has 21 heavy (non-hydrogen) atoms. The number of rotatable bonds is 4. The van der Waals surface area contributed by atoms with E-state index in [4.69, 9.17) is 0 Å². The largest absolute Gasteiger partial charge is 0.339 e. The van der Waals surface area contributed by atoms with Crippen LogP contribution in [0, 0.1) is 0 Å². The van der Waals surface area contributed by atoms with Gasteiger partial charge in [-0.05, 0) is 37.8 Å². The molecule has 0 spiro atoms. The Morgan fingerprint density at radius 2 is 1.86 bits per heavy atom. The van der Waals surface area contributed by atoms with Gasteiger partial charge in [0, 0.05) is 19.6 Å². The maximum Gasteiger partial charge on any atom is 0.319 e. The lowest BCUT2D eigenvalue weighted by atomic mass is 10.1. The van der Waals surface area contributed by atoms with Gasteiger partial charge >= 0.3 is 6.03 Å². The molecule has 0 atom stereocenters. The minimum atomic E-state index is -0.268. The first-order valence-electron chi connectivity index (χ1n) is 7.65. The van der Waals surface area contributed by atoms with Crippen molar-refractivity contribution in [3.63, 3.8) is 0 Å². The van der Waals surface area contributed by atoms with Crippen LogP contribution < -0.4 is 10.6 Å². The van der Waals surface area contributed by atoms with Gasteiger partial charge < -0.3 is 15.5 Å². The average Bonchev–Trinajstić information content (AvgIpc) is 2.53. The molecule has 1 aromatic carbocycles. The molecule has 1 aromatic rings. The van der Waals surface area contributed by atoms with Gasteiger partial charge in [0.1, 0.15) is 0 Å². The fourth-order valence-corrected chi connectivity index (χ4v) is 2.45. The number of amides is 3. The smallest absolute Gasteiger partial charge is 0.319 e. The monoisotopic (exact) mass is 289 g/mol. The molecular weight excluding hydrogens is 266 g/mol. The van der Waals surface area contributed by atoms with E-state index in [-0.39, 0.29) is 11.9 Å². The van der Waals surface area contributed by atoms with Crippen LogP contribution in [0.5, 0.6) is 0 Å². The van der Waals surface area contributed by atoms with Crippen LogP contribution >= 0.6 is 0 Å². The Hall–Kier alpha value is -2.04. The number of piperidine rings is 1. The van der Waals surface area contributed by atoms with E-state index in [0.29, 0.717) is 17.8 Å². The fraction of sp³-hybridized carbons (Fsp3) is 0.500. The first kappa shape index (κ1) is 15.4. The second kappa shape index (κ2) is 7.67. The summed E-state index contributed by atoms with van der Waals surface area (Å²) in [4.78, 5) is 26.2. The van der Waals surface area contributed by atoms with Crippen LogP contribution in [0.15, 0.2) is 24.3 Å². The van der Waals surface area contributed by atoms with E-state index < -0.39 is 0 Å². The van der Waals surface area contributed by atoms with Gasteiger partial charge in [0.2, 0.25) is 0 Å². The number of carbonyl (C=O) groups is 2. The molecule has 1 saturated heterocycles. The van der Waals surface area contributed by atoms with Gasteiger partial charge in [-0.15, -0.1) is 0 Å². The SMILES string of the molecule is CCCNC(=O)Nc1ccccc1C(=O)N1CCCCC1. The number of para-hydroxylation sites is 1. The second-order valence-electron chi connectivity index (χ2n) is 5.28. The zero-order chi connectivity index (χ0) is 15.1. The molecule has 5 nitrogen and oxygen atoms in total. The number of hydrogen-bond donors (Lipinski definition) is 2. The summed E-state index contributed by atoms with van der Waals surface area (Å²) in [5, 5.41) is 5.52. The van der Waals surface area contributed by atoms with Crippen LogP contribution in [0.3, 0.4) is 0 Å². The van der Waals surface area contributed by atoms with Gasteiger partial charge in [-0.1, -0.05) is 19.1 Å². The van der Waals surface area contributed by atoms with Crippen LogP contribution in [0.4, 0.5) is 10.5 Å². The van der Waals surface area contributed by atoms with Gasteiger partial charge in [-0.2, -0.15) is 0 Å². The summed E-state index contributed by atoms with van der Waals surface area (Å²) >= 11 is 0. The van der Waals surface area contributed by atoms with Crippen LogP contribution in [0.2, 0.25) is 0 Å². The quantitative estimate of drug-likeness (QED) is 0.895. The zero-order valence-corrected chi connectivity index (χ0v) is 12.5. The normalized spacial score (nSPS) is 14.6. The first-order chi connectivity index (χ1) is 10.2. The van der Waals surface area contributed by atoms with E-state index in [0.717, 1.165) is 32.4 Å². The summed E-state index contributed by atoms with van der Waals surface area (Å²) in [6.45, 7) is 4.21. The highest BCUT2D eigenvalue weighted by Crippen LogP contribution is 2.19. The summed E-state index contributed by atoms with van der Waals surface area (Å²) < 4.78 is 0. The Bertz CT molecular complexity index is 496. The maximum atomic E-state index is 12.6. The third-order valence-corrected chi connectivity index (χ3v) is 3.58. The number of nitrogens with one attached hydrogen (secondary N) is 2. The van der Waals surface area contributed by atoms with Crippen molar-refractivity contribution in [3.8, 4) is 0 Å². The zero-order valence-electron chi connectivity index (χ0n) is 12.5. The van der Waals surface area contributed by atoms with Crippen molar-refractivity contribution in [2.24, 2.45) is 0 Å². The molecule has 3 amide bonds. The molecule has 0 aliphatic carbocycles. The predicted octanol–water partition coefficient (Wildman–Crippen LogP) is 2.84. The molecule has 1 aliphatic rings. The third kappa shape index (κ3) is 4.21. The summed E-state index contributed by atoms with van der Waals surface area (Å²) in [6, 6.07) is 6.92. The molecule has 0 bridgehead atoms. The number of benzene rings is 1. The highest BCUT2D eigenvalue weighted by Gasteiger charge is 2.21. The standard InChI is InChI=1S/C16H23N3O2/c1-2-10-17-16(21)18-14-9-5-4-8-13(14)15(20)19-11-6-3-7-12-19/h4-5,8-9H,2-3,6-7,10-12H2,1H3,(H2,17,18,21). The maximum absolute atomic E-state index is 12.6. The molecule has 1 aliphatic heterocycles. The molecule has 0 aromatic heterocycles. The molecule has 2 rings (SSSR count). The lowest BCUT2D eigenvalue weighted by Crippen LogP contribution is -2.36. The van der Waals surface area contributed by atoms with Crippen LogP contribution in [-0.2, 0) is 0 Å². The Balaban J connectivity index is 2.08. The van der Waals surface area contributed by atoms with Crippen molar-refractivity contribution < 1.29 is 9.59 Å². The number of hydrogen-bond acceptors (Lipinski definition) is 2. The Morgan fingerprint density at radius 3 is 2.57 bits per heavy atom. The highest BCUT2D eigenvalue weighted by atomic mass is 16.2. The van der Waals surface area contributed by atoms with Crippen molar-refractivity contribution >= 4 is 17.6 Å².